The van der Waals surface area contributed by atoms with Gasteiger partial charge in [0.1, 0.15) is 18.1 Å². The largest absolute Gasteiger partial charge is 0.480 e. The first-order chi connectivity index (χ1) is 21.6. The number of amides is 5. The van der Waals surface area contributed by atoms with Crippen LogP contribution in [0.3, 0.4) is 0 Å². The van der Waals surface area contributed by atoms with Crippen LogP contribution >= 0.6 is 11.8 Å². The molecule has 1 aliphatic rings. The van der Waals surface area contributed by atoms with Crippen LogP contribution < -0.4 is 33.2 Å². The molecule has 1 unspecified atom stereocenters. The number of nitrogens with zero attached hydrogens (tertiary/aromatic N) is 1. The second-order valence-corrected chi connectivity index (χ2v) is 12.1. The maximum Gasteiger partial charge on any atom is 0.326 e. The van der Waals surface area contributed by atoms with Gasteiger partial charge in [-0.1, -0.05) is 30.3 Å². The number of hydrogen-bond donors (Lipinski definition) is 7. The molecule has 15 heteroatoms. The van der Waals surface area contributed by atoms with Gasteiger partial charge in [0.05, 0.1) is 11.8 Å². The molecule has 14 nitrogen and oxygen atoms in total. The monoisotopic (exact) mass is 649 g/mol. The van der Waals surface area contributed by atoms with Crippen LogP contribution in [-0.4, -0.2) is 94.4 Å². The average Bonchev–Trinajstić information content (AvgIpc) is 3.35. The lowest BCUT2D eigenvalue weighted by molar-refractivity contribution is -0.143. The van der Waals surface area contributed by atoms with E-state index in [1.165, 1.54) is 11.8 Å². The fraction of sp³-hybridized carbons (Fsp3) is 0.600. The van der Waals surface area contributed by atoms with Gasteiger partial charge in [-0.3, -0.25) is 28.9 Å². The first-order valence-corrected chi connectivity index (χ1v) is 16.4. The molecular weight excluding hydrogens is 602 g/mol. The van der Waals surface area contributed by atoms with E-state index < -0.39 is 47.2 Å². The number of benzene rings is 1. The Morgan fingerprint density at radius 1 is 0.778 bits per heavy atom. The highest BCUT2D eigenvalue weighted by atomic mass is 32.2. The normalized spacial score (nSPS) is 15.7. The third-order valence-electron chi connectivity index (χ3n) is 7.24. The van der Waals surface area contributed by atoms with Gasteiger partial charge in [-0.2, -0.15) is 0 Å². The van der Waals surface area contributed by atoms with Crippen molar-refractivity contribution in [1.82, 2.24) is 20.9 Å². The highest BCUT2D eigenvalue weighted by Crippen LogP contribution is 2.25. The van der Waals surface area contributed by atoms with Crippen LogP contribution in [0.25, 0.3) is 0 Å². The summed E-state index contributed by atoms with van der Waals surface area (Å²) in [7, 11) is 0. The quantitative estimate of drug-likeness (QED) is 0.0629. The van der Waals surface area contributed by atoms with Crippen LogP contribution in [0.2, 0.25) is 0 Å². The summed E-state index contributed by atoms with van der Waals surface area (Å²) in [5.41, 5.74) is 17.5. The van der Waals surface area contributed by atoms with Crippen molar-refractivity contribution < 1.29 is 33.9 Å². The first-order valence-electron chi connectivity index (χ1n) is 15.3. The summed E-state index contributed by atoms with van der Waals surface area (Å²) in [5, 5.41) is 16.9. The molecule has 1 aromatic rings. The van der Waals surface area contributed by atoms with Gasteiger partial charge >= 0.3 is 5.97 Å². The summed E-state index contributed by atoms with van der Waals surface area (Å²) in [6, 6.07) is 5.57. The molecule has 0 saturated carbocycles. The fourth-order valence-corrected chi connectivity index (χ4v) is 5.93. The molecule has 0 aliphatic carbocycles. The number of nitrogens with one attached hydrogen (secondary N) is 3. The summed E-state index contributed by atoms with van der Waals surface area (Å²) in [4.78, 5) is 77.9. The molecule has 1 heterocycles. The molecule has 250 valence electrons. The van der Waals surface area contributed by atoms with Crippen molar-refractivity contribution in [2.75, 3.05) is 25.4 Å². The Kier molecular flexibility index (Phi) is 17.1. The van der Waals surface area contributed by atoms with Gasteiger partial charge < -0.3 is 38.3 Å². The van der Waals surface area contributed by atoms with E-state index in [1.54, 1.807) is 30.3 Å². The lowest BCUT2D eigenvalue weighted by Gasteiger charge is -2.27. The topological polar surface area (TPSA) is 240 Å². The Morgan fingerprint density at radius 3 is 1.89 bits per heavy atom. The molecular formula is C30H47N7O7S. The number of rotatable bonds is 22. The standard InChI is InChI=1S/C30H47N7O7S/c31-14-6-4-10-21(34-24(38)19-27(45-17-16-33)37-25(39)12-13-26(37)40)28(41)36-23(18-20-8-2-1-3-9-20)29(42)35-22(30(43)44)11-5-7-15-32/h1-3,8-9,21-23,27H,4-7,10-19,31-33H2,(H,34,38)(H,35,42)(H,36,41)(H,43,44)/t21-,22-,23-,27?/m0/s1. The van der Waals surface area contributed by atoms with Crippen molar-refractivity contribution >= 4 is 47.3 Å². The third-order valence-corrected chi connectivity index (χ3v) is 8.48. The smallest absolute Gasteiger partial charge is 0.326 e. The van der Waals surface area contributed by atoms with Crippen molar-refractivity contribution in [2.45, 2.75) is 87.7 Å². The van der Waals surface area contributed by atoms with E-state index in [-0.39, 0.29) is 56.9 Å². The summed E-state index contributed by atoms with van der Waals surface area (Å²) in [5.74, 6) is -3.38. The van der Waals surface area contributed by atoms with Crippen LogP contribution in [0, 0.1) is 0 Å². The zero-order chi connectivity index (χ0) is 33.2. The maximum absolute atomic E-state index is 13.6. The summed E-state index contributed by atoms with van der Waals surface area (Å²) in [6.45, 7) is 1.05. The Balaban J connectivity index is 2.23. The maximum atomic E-state index is 13.6. The number of imide groups is 1. The number of likely N-dealkylation sites (tertiary alicyclic amines) is 1. The number of carbonyl (C=O) groups excluding carboxylic acids is 5. The summed E-state index contributed by atoms with van der Waals surface area (Å²) < 4.78 is 0. The molecule has 1 aromatic carbocycles. The molecule has 0 spiro atoms. The number of carboxylic acids is 1. The van der Waals surface area contributed by atoms with Crippen molar-refractivity contribution in [3.8, 4) is 0 Å². The second-order valence-electron chi connectivity index (χ2n) is 10.8. The number of hydrogen-bond acceptors (Lipinski definition) is 10. The predicted molar refractivity (Wildman–Crippen MR) is 170 cm³/mol. The minimum absolute atomic E-state index is 0.0743. The predicted octanol–water partition coefficient (Wildman–Crippen LogP) is -0.417. The lowest BCUT2D eigenvalue weighted by Crippen LogP contribution is -2.56. The van der Waals surface area contributed by atoms with E-state index in [0.717, 1.165) is 10.5 Å². The highest BCUT2D eigenvalue weighted by molar-refractivity contribution is 7.99. The number of nitrogens with two attached hydrogens (primary N) is 3. The molecule has 0 radical (unpaired) electrons. The molecule has 1 saturated heterocycles. The van der Waals surface area contributed by atoms with E-state index in [1.807, 2.05) is 0 Å². The van der Waals surface area contributed by atoms with Gasteiger partial charge in [-0.25, -0.2) is 4.79 Å². The van der Waals surface area contributed by atoms with Crippen molar-refractivity contribution in [2.24, 2.45) is 17.2 Å². The zero-order valence-electron chi connectivity index (χ0n) is 25.6. The van der Waals surface area contributed by atoms with Gasteiger partial charge in [0.25, 0.3) is 0 Å². The minimum atomic E-state index is -1.20. The SMILES string of the molecule is NCCCC[C@H](NC(=O)[C@H](Cc1ccccc1)NC(=O)[C@H](CCCCN)NC(=O)CC(SCCN)N1C(=O)CCC1=O)C(=O)O. The number of unbranched alkanes of at least 4 members (excludes halogenated alkanes) is 2. The lowest BCUT2D eigenvalue weighted by atomic mass is 10.0. The van der Waals surface area contributed by atoms with Crippen molar-refractivity contribution in [3.05, 3.63) is 35.9 Å². The summed E-state index contributed by atoms with van der Waals surface area (Å²) >= 11 is 1.22. The minimum Gasteiger partial charge on any atom is -0.480 e. The average molecular weight is 650 g/mol. The van der Waals surface area contributed by atoms with Gasteiger partial charge in [0, 0.05) is 31.6 Å². The highest BCUT2D eigenvalue weighted by Gasteiger charge is 2.37. The Hall–Kier alpha value is -3.53. The Morgan fingerprint density at radius 2 is 1.33 bits per heavy atom. The molecule has 0 bridgehead atoms. The third kappa shape index (κ3) is 13.2. The van der Waals surface area contributed by atoms with Crippen LogP contribution in [-0.2, 0) is 35.2 Å². The van der Waals surface area contributed by atoms with Gasteiger partial charge in [0.15, 0.2) is 0 Å². The van der Waals surface area contributed by atoms with E-state index in [4.69, 9.17) is 17.2 Å². The number of carboxylic acid groups (broad SMARTS) is 1. The van der Waals surface area contributed by atoms with Gasteiger partial charge in [0.2, 0.25) is 29.5 Å². The second kappa shape index (κ2) is 20.5. The number of aliphatic carboxylic acids is 1. The summed E-state index contributed by atoms with van der Waals surface area (Å²) in [6.07, 6.45) is 2.56. The molecule has 1 aliphatic heterocycles. The molecule has 10 N–H and O–H groups in total. The molecule has 0 aromatic heterocycles. The van der Waals surface area contributed by atoms with E-state index in [9.17, 15) is 33.9 Å². The van der Waals surface area contributed by atoms with Gasteiger partial charge in [-0.05, 0) is 57.2 Å². The van der Waals surface area contributed by atoms with Crippen molar-refractivity contribution in [1.29, 1.82) is 0 Å². The molecule has 1 fully saturated rings. The van der Waals surface area contributed by atoms with E-state index >= 15 is 0 Å². The molecule has 2 rings (SSSR count). The van der Waals surface area contributed by atoms with E-state index in [2.05, 4.69) is 16.0 Å². The molecule has 5 amide bonds. The van der Waals surface area contributed by atoms with Crippen LogP contribution in [0.5, 0.6) is 0 Å². The number of thioether (sulfide) groups is 1. The Labute approximate surface area is 267 Å². The molecule has 4 atom stereocenters. The van der Waals surface area contributed by atoms with Gasteiger partial charge in [-0.15, -0.1) is 11.8 Å². The number of carbonyl (C=O) groups is 6. The fourth-order valence-electron chi connectivity index (χ4n) is 4.87. The van der Waals surface area contributed by atoms with Crippen LogP contribution in [0.1, 0.15) is 63.4 Å². The molecule has 45 heavy (non-hydrogen) atoms. The van der Waals surface area contributed by atoms with Crippen molar-refractivity contribution in [3.63, 3.8) is 0 Å². The van der Waals surface area contributed by atoms with Crippen LogP contribution in [0.15, 0.2) is 30.3 Å². The Bertz CT molecular complexity index is 1120. The van der Waals surface area contributed by atoms with E-state index in [0.29, 0.717) is 44.5 Å². The first kappa shape index (κ1) is 37.7. The zero-order valence-corrected chi connectivity index (χ0v) is 26.4. The van der Waals surface area contributed by atoms with Crippen LogP contribution in [0.4, 0.5) is 0 Å².